The number of hydrogen-bond acceptors (Lipinski definition) is 1. The van der Waals surface area contributed by atoms with E-state index in [-0.39, 0.29) is 0 Å². The minimum atomic E-state index is 0.499. The molecule has 0 amide bonds. The molecule has 1 N–H and O–H groups in total. The van der Waals surface area contributed by atoms with Gasteiger partial charge in [0.05, 0.1) is 0 Å². The molecule has 0 aromatic rings. The van der Waals surface area contributed by atoms with Gasteiger partial charge in [0.25, 0.3) is 0 Å². The molecular weight excluding hydrogens is 102 g/mol. The van der Waals surface area contributed by atoms with Crippen LogP contribution in [0.15, 0.2) is 0 Å². The predicted octanol–water partition coefficient (Wildman–Crippen LogP) is 1.03. The van der Waals surface area contributed by atoms with E-state index >= 15 is 0 Å². The van der Waals surface area contributed by atoms with Crippen LogP contribution in [-0.2, 0) is 4.79 Å². The Morgan fingerprint density at radius 3 is 2.50 bits per heavy atom. The minimum absolute atomic E-state index is 0.499. The molecule has 0 heterocycles. The molecule has 0 saturated carbocycles. The van der Waals surface area contributed by atoms with Gasteiger partial charge in [-0.3, -0.25) is 5.73 Å². The van der Waals surface area contributed by atoms with Gasteiger partial charge in [-0.05, 0) is 12.8 Å². The quantitative estimate of drug-likeness (QED) is 0.388. The Kier molecular flexibility index (Phi) is 6.32. The first-order chi connectivity index (χ1) is 3.91. The standard InChI is InChI=1S/C6H12NO/c7-5-3-1-2-4-6-8/h6-7H,1-5H2. The Morgan fingerprint density at radius 1 is 1.25 bits per heavy atom. The molecule has 0 fully saturated rings. The third-order valence-corrected chi connectivity index (χ3v) is 0.999. The molecule has 0 aliphatic carbocycles. The Hall–Kier alpha value is -0.370. The summed E-state index contributed by atoms with van der Waals surface area (Å²) in [6.07, 6.45) is 4.53. The molecule has 0 aliphatic heterocycles. The molecule has 0 aromatic carbocycles. The van der Waals surface area contributed by atoms with E-state index in [0.717, 1.165) is 25.5 Å². The van der Waals surface area contributed by atoms with Gasteiger partial charge >= 0.3 is 0 Å². The molecule has 0 saturated heterocycles. The Bertz CT molecular complexity index is 54.5. The second kappa shape index (κ2) is 6.63. The van der Waals surface area contributed by atoms with Gasteiger partial charge in [0.2, 0.25) is 0 Å². The van der Waals surface area contributed by atoms with Gasteiger partial charge in [0.1, 0.15) is 6.29 Å². The summed E-state index contributed by atoms with van der Waals surface area (Å²) in [4.78, 5) is 9.72. The van der Waals surface area contributed by atoms with E-state index in [4.69, 9.17) is 5.73 Å². The van der Waals surface area contributed by atoms with E-state index in [0.29, 0.717) is 13.0 Å². The molecular formula is C6H12NO. The van der Waals surface area contributed by atoms with Crippen LogP contribution in [0.5, 0.6) is 0 Å². The monoisotopic (exact) mass is 114 g/mol. The van der Waals surface area contributed by atoms with Crippen molar-refractivity contribution in [1.29, 1.82) is 0 Å². The average molecular weight is 114 g/mol. The van der Waals surface area contributed by atoms with Gasteiger partial charge in [0, 0.05) is 13.0 Å². The highest BCUT2D eigenvalue weighted by molar-refractivity contribution is 5.48. The van der Waals surface area contributed by atoms with Gasteiger partial charge in [0.15, 0.2) is 0 Å². The third kappa shape index (κ3) is 5.63. The summed E-state index contributed by atoms with van der Waals surface area (Å²) in [7, 11) is 0. The molecule has 8 heavy (non-hydrogen) atoms. The lowest BCUT2D eigenvalue weighted by atomic mass is 10.2. The molecule has 0 atom stereocenters. The third-order valence-electron chi connectivity index (χ3n) is 0.999. The Morgan fingerprint density at radius 2 is 2.00 bits per heavy atom. The van der Waals surface area contributed by atoms with Crippen molar-refractivity contribution in [2.24, 2.45) is 0 Å². The molecule has 2 nitrogen and oxygen atoms in total. The average Bonchev–Trinajstić information content (AvgIpc) is 1.81. The maximum atomic E-state index is 9.72. The smallest absolute Gasteiger partial charge is 0.119 e. The molecule has 0 spiro atoms. The summed E-state index contributed by atoms with van der Waals surface area (Å²) >= 11 is 0. The van der Waals surface area contributed by atoms with Crippen LogP contribution in [-0.4, -0.2) is 12.8 Å². The van der Waals surface area contributed by atoms with E-state index in [1.165, 1.54) is 0 Å². The fourth-order valence-corrected chi connectivity index (χ4v) is 0.529. The van der Waals surface area contributed by atoms with Crippen molar-refractivity contribution in [1.82, 2.24) is 5.73 Å². The van der Waals surface area contributed by atoms with Crippen LogP contribution in [0.1, 0.15) is 25.7 Å². The fraction of sp³-hybridized carbons (Fsp3) is 0.833. The summed E-state index contributed by atoms with van der Waals surface area (Å²) in [6, 6.07) is 0. The summed E-state index contributed by atoms with van der Waals surface area (Å²) in [5.41, 5.74) is 6.75. The number of nitrogens with one attached hydrogen (secondary N) is 1. The van der Waals surface area contributed by atoms with Crippen LogP contribution < -0.4 is 5.73 Å². The highest BCUT2D eigenvalue weighted by Gasteiger charge is 1.83. The SMILES string of the molecule is [NH]CCCCCC=O. The predicted molar refractivity (Wildman–Crippen MR) is 32.5 cm³/mol. The van der Waals surface area contributed by atoms with Crippen molar-refractivity contribution in [3.63, 3.8) is 0 Å². The van der Waals surface area contributed by atoms with E-state index in [9.17, 15) is 4.79 Å². The number of carbonyl (C=O) groups is 1. The van der Waals surface area contributed by atoms with Crippen molar-refractivity contribution >= 4 is 6.29 Å². The second-order valence-electron chi connectivity index (χ2n) is 1.77. The van der Waals surface area contributed by atoms with Gasteiger partial charge in [-0.15, -0.1) is 0 Å². The first-order valence-corrected chi connectivity index (χ1v) is 3.00. The minimum Gasteiger partial charge on any atom is -0.303 e. The number of carbonyl (C=O) groups excluding carboxylic acids is 1. The highest BCUT2D eigenvalue weighted by Crippen LogP contribution is 1.94. The molecule has 1 radical (unpaired) electrons. The summed E-state index contributed by atoms with van der Waals surface area (Å²) in [6.45, 7) is 0.499. The second-order valence-corrected chi connectivity index (χ2v) is 1.77. The van der Waals surface area contributed by atoms with Crippen LogP contribution in [0.25, 0.3) is 0 Å². The van der Waals surface area contributed by atoms with Crippen LogP contribution in [0.4, 0.5) is 0 Å². The number of hydrogen-bond donors (Lipinski definition) is 0. The zero-order valence-corrected chi connectivity index (χ0v) is 5.02. The van der Waals surface area contributed by atoms with Crippen LogP contribution in [0, 0.1) is 0 Å². The number of rotatable bonds is 5. The van der Waals surface area contributed by atoms with Gasteiger partial charge < -0.3 is 4.79 Å². The first-order valence-electron chi connectivity index (χ1n) is 3.00. The van der Waals surface area contributed by atoms with Crippen molar-refractivity contribution in [2.75, 3.05) is 6.54 Å². The molecule has 0 aromatic heterocycles. The zero-order valence-electron chi connectivity index (χ0n) is 5.02. The van der Waals surface area contributed by atoms with E-state index in [2.05, 4.69) is 0 Å². The van der Waals surface area contributed by atoms with Crippen molar-refractivity contribution in [3.05, 3.63) is 0 Å². The zero-order chi connectivity index (χ0) is 6.24. The topological polar surface area (TPSA) is 40.9 Å². The summed E-state index contributed by atoms with van der Waals surface area (Å²) < 4.78 is 0. The van der Waals surface area contributed by atoms with Crippen LogP contribution >= 0.6 is 0 Å². The normalized spacial score (nSPS) is 9.12. The lowest BCUT2D eigenvalue weighted by Gasteiger charge is -1.89. The molecule has 2 heteroatoms. The summed E-state index contributed by atoms with van der Waals surface area (Å²) in [5.74, 6) is 0. The van der Waals surface area contributed by atoms with Crippen molar-refractivity contribution < 1.29 is 4.79 Å². The van der Waals surface area contributed by atoms with Gasteiger partial charge in [-0.2, -0.15) is 0 Å². The van der Waals surface area contributed by atoms with Crippen LogP contribution in [0.2, 0.25) is 0 Å². The largest absolute Gasteiger partial charge is 0.303 e. The number of unbranched alkanes of at least 4 members (excludes halogenated alkanes) is 3. The van der Waals surface area contributed by atoms with Gasteiger partial charge in [-0.1, -0.05) is 6.42 Å². The molecule has 0 aliphatic rings. The molecule has 0 unspecified atom stereocenters. The maximum absolute atomic E-state index is 9.72. The van der Waals surface area contributed by atoms with Crippen molar-refractivity contribution in [3.8, 4) is 0 Å². The highest BCUT2D eigenvalue weighted by atomic mass is 16.1. The van der Waals surface area contributed by atoms with Crippen molar-refractivity contribution in [2.45, 2.75) is 25.7 Å². The van der Waals surface area contributed by atoms with E-state index < -0.39 is 0 Å². The first kappa shape index (κ1) is 7.63. The van der Waals surface area contributed by atoms with E-state index in [1.807, 2.05) is 0 Å². The summed E-state index contributed by atoms with van der Waals surface area (Å²) in [5, 5.41) is 0. The molecule has 0 rings (SSSR count). The number of aldehydes is 1. The van der Waals surface area contributed by atoms with Crippen LogP contribution in [0.3, 0.4) is 0 Å². The fourth-order valence-electron chi connectivity index (χ4n) is 0.529. The van der Waals surface area contributed by atoms with Gasteiger partial charge in [-0.25, -0.2) is 0 Å². The Balaban J connectivity index is 2.62. The molecule has 0 bridgehead atoms. The lowest BCUT2D eigenvalue weighted by Crippen LogP contribution is -1.84. The lowest BCUT2D eigenvalue weighted by molar-refractivity contribution is -0.107. The molecule has 47 valence electrons. The maximum Gasteiger partial charge on any atom is 0.119 e. The Labute approximate surface area is 50.1 Å². The van der Waals surface area contributed by atoms with E-state index in [1.54, 1.807) is 0 Å².